The van der Waals surface area contributed by atoms with Gasteiger partial charge in [0.05, 0.1) is 10.2 Å². The van der Waals surface area contributed by atoms with Crippen molar-refractivity contribution in [2.45, 2.75) is 0 Å². The van der Waals surface area contributed by atoms with Crippen LogP contribution in [0.3, 0.4) is 0 Å². The summed E-state index contributed by atoms with van der Waals surface area (Å²) in [5.74, 6) is 0.105. The zero-order chi connectivity index (χ0) is 19.6. The average molecular weight is 400 g/mol. The Morgan fingerprint density at radius 1 is 0.759 bits per heavy atom. The molecule has 0 unspecified atom stereocenters. The number of aromatic nitrogens is 1. The van der Waals surface area contributed by atoms with E-state index in [0.717, 1.165) is 53.5 Å². The zero-order valence-corrected chi connectivity index (χ0v) is 16.8. The summed E-state index contributed by atoms with van der Waals surface area (Å²) in [6.45, 7) is 3.06. The van der Waals surface area contributed by atoms with Crippen LogP contribution in [0.25, 0.3) is 21.3 Å². The van der Waals surface area contributed by atoms with Gasteiger partial charge in [0.25, 0.3) is 5.91 Å². The number of anilines is 1. The summed E-state index contributed by atoms with van der Waals surface area (Å²) in [5, 5.41) is 1.05. The maximum atomic E-state index is 12.9. The van der Waals surface area contributed by atoms with Gasteiger partial charge in [-0.15, -0.1) is 0 Å². The molecule has 4 nitrogen and oxygen atoms in total. The standard InChI is InChI=1S/C24H21N3OS/c28-23(20-12-10-19(11-13-20)18-6-2-1-3-7-18)26-14-16-27(17-15-26)24-25-21-8-4-5-9-22(21)29-24/h1-13H,14-17H2. The monoisotopic (exact) mass is 399 g/mol. The molecule has 0 saturated carbocycles. The van der Waals surface area contributed by atoms with Crippen LogP contribution in [0.4, 0.5) is 5.13 Å². The number of rotatable bonds is 3. The molecule has 1 amide bonds. The van der Waals surface area contributed by atoms with Crippen LogP contribution in [0.2, 0.25) is 0 Å². The van der Waals surface area contributed by atoms with E-state index in [-0.39, 0.29) is 5.91 Å². The van der Waals surface area contributed by atoms with Crippen LogP contribution in [-0.2, 0) is 0 Å². The van der Waals surface area contributed by atoms with Gasteiger partial charge >= 0.3 is 0 Å². The summed E-state index contributed by atoms with van der Waals surface area (Å²) in [6.07, 6.45) is 0. The van der Waals surface area contributed by atoms with E-state index in [0.29, 0.717) is 0 Å². The van der Waals surface area contributed by atoms with Gasteiger partial charge in [-0.2, -0.15) is 0 Å². The van der Waals surface area contributed by atoms with Gasteiger partial charge in [0, 0.05) is 31.7 Å². The Hall–Kier alpha value is -3.18. The highest BCUT2D eigenvalue weighted by Crippen LogP contribution is 2.29. The maximum absolute atomic E-state index is 12.9. The Morgan fingerprint density at radius 3 is 2.14 bits per heavy atom. The number of carbonyl (C=O) groups excluding carboxylic acids is 1. The number of fused-ring (bicyclic) bond motifs is 1. The van der Waals surface area contributed by atoms with E-state index in [9.17, 15) is 4.79 Å². The second-order valence-corrected chi connectivity index (χ2v) is 8.20. The molecule has 0 bridgehead atoms. The van der Waals surface area contributed by atoms with Gasteiger partial charge in [-0.05, 0) is 35.4 Å². The van der Waals surface area contributed by atoms with Crippen molar-refractivity contribution >= 4 is 32.6 Å². The highest BCUT2D eigenvalue weighted by Gasteiger charge is 2.24. The van der Waals surface area contributed by atoms with Crippen molar-refractivity contribution in [1.82, 2.24) is 9.88 Å². The fraction of sp³-hybridized carbons (Fsp3) is 0.167. The zero-order valence-electron chi connectivity index (χ0n) is 16.0. The largest absolute Gasteiger partial charge is 0.345 e. The molecule has 0 radical (unpaired) electrons. The van der Waals surface area contributed by atoms with Crippen molar-refractivity contribution in [3.05, 3.63) is 84.4 Å². The number of amides is 1. The first-order chi connectivity index (χ1) is 14.3. The van der Waals surface area contributed by atoms with E-state index in [4.69, 9.17) is 4.98 Å². The Kier molecular flexibility index (Phi) is 4.74. The van der Waals surface area contributed by atoms with Crippen LogP contribution in [0, 0.1) is 0 Å². The Labute approximate surface area is 174 Å². The fourth-order valence-electron chi connectivity index (χ4n) is 3.71. The van der Waals surface area contributed by atoms with E-state index in [1.807, 2.05) is 65.6 Å². The van der Waals surface area contributed by atoms with Crippen LogP contribution >= 0.6 is 11.3 Å². The van der Waals surface area contributed by atoms with Crippen molar-refractivity contribution in [2.24, 2.45) is 0 Å². The Morgan fingerprint density at radius 2 is 1.41 bits per heavy atom. The quantitative estimate of drug-likeness (QED) is 0.490. The SMILES string of the molecule is O=C(c1ccc(-c2ccccc2)cc1)N1CCN(c2nc3ccccc3s2)CC1. The van der Waals surface area contributed by atoms with Crippen LogP contribution in [0.1, 0.15) is 10.4 Å². The number of carbonyl (C=O) groups is 1. The number of hydrogen-bond acceptors (Lipinski definition) is 4. The van der Waals surface area contributed by atoms with Gasteiger partial charge < -0.3 is 9.80 Å². The topological polar surface area (TPSA) is 36.4 Å². The molecular weight excluding hydrogens is 378 g/mol. The molecule has 5 heteroatoms. The third-order valence-corrected chi connectivity index (χ3v) is 6.46. The second-order valence-electron chi connectivity index (χ2n) is 7.19. The number of hydrogen-bond donors (Lipinski definition) is 0. The molecule has 0 N–H and O–H groups in total. The minimum absolute atomic E-state index is 0.105. The Bertz CT molecular complexity index is 1100. The van der Waals surface area contributed by atoms with Gasteiger partial charge in [-0.1, -0.05) is 65.9 Å². The van der Waals surface area contributed by atoms with Crippen LogP contribution in [0.15, 0.2) is 78.9 Å². The molecule has 1 aliphatic rings. The number of nitrogens with zero attached hydrogens (tertiary/aromatic N) is 3. The van der Waals surface area contributed by atoms with Gasteiger partial charge in [0.15, 0.2) is 5.13 Å². The number of para-hydroxylation sites is 1. The molecule has 0 aliphatic carbocycles. The number of benzene rings is 3. The predicted octanol–water partition coefficient (Wildman–Crippen LogP) is 4.93. The van der Waals surface area contributed by atoms with Gasteiger partial charge in [-0.25, -0.2) is 4.98 Å². The lowest BCUT2D eigenvalue weighted by Gasteiger charge is -2.34. The lowest BCUT2D eigenvalue weighted by Crippen LogP contribution is -2.48. The fourth-order valence-corrected chi connectivity index (χ4v) is 4.73. The number of piperazine rings is 1. The molecule has 0 atom stereocenters. The van der Waals surface area contributed by atoms with Gasteiger partial charge in [0.1, 0.15) is 0 Å². The molecule has 29 heavy (non-hydrogen) atoms. The second kappa shape index (κ2) is 7.68. The molecule has 5 rings (SSSR count). The lowest BCUT2D eigenvalue weighted by atomic mass is 10.0. The van der Waals surface area contributed by atoms with E-state index in [1.54, 1.807) is 11.3 Å². The summed E-state index contributed by atoms with van der Waals surface area (Å²) in [4.78, 5) is 21.9. The van der Waals surface area contributed by atoms with Crippen molar-refractivity contribution in [3.8, 4) is 11.1 Å². The normalized spacial score (nSPS) is 14.3. The van der Waals surface area contributed by atoms with E-state index < -0.39 is 0 Å². The summed E-state index contributed by atoms with van der Waals surface area (Å²) >= 11 is 1.72. The third-order valence-electron chi connectivity index (χ3n) is 5.36. The summed E-state index contributed by atoms with van der Waals surface area (Å²) < 4.78 is 1.21. The van der Waals surface area contributed by atoms with Crippen LogP contribution in [0.5, 0.6) is 0 Å². The number of thiazole rings is 1. The maximum Gasteiger partial charge on any atom is 0.253 e. The van der Waals surface area contributed by atoms with E-state index in [2.05, 4.69) is 23.1 Å². The molecule has 4 aromatic rings. The first-order valence-electron chi connectivity index (χ1n) is 9.83. The minimum Gasteiger partial charge on any atom is -0.345 e. The molecule has 1 fully saturated rings. The average Bonchev–Trinajstić information content (AvgIpc) is 3.24. The summed E-state index contributed by atoms with van der Waals surface area (Å²) in [6, 6.07) is 26.4. The molecular formula is C24H21N3OS. The van der Waals surface area contributed by atoms with Crippen LogP contribution < -0.4 is 4.90 Å². The lowest BCUT2D eigenvalue weighted by molar-refractivity contribution is 0.0747. The molecule has 3 aromatic carbocycles. The highest BCUT2D eigenvalue weighted by molar-refractivity contribution is 7.22. The van der Waals surface area contributed by atoms with Crippen molar-refractivity contribution in [3.63, 3.8) is 0 Å². The third kappa shape index (κ3) is 3.61. The van der Waals surface area contributed by atoms with E-state index in [1.165, 1.54) is 4.70 Å². The molecule has 1 saturated heterocycles. The van der Waals surface area contributed by atoms with E-state index >= 15 is 0 Å². The molecule has 0 spiro atoms. The molecule has 1 aromatic heterocycles. The van der Waals surface area contributed by atoms with Crippen LogP contribution in [-0.4, -0.2) is 42.0 Å². The van der Waals surface area contributed by atoms with Crippen molar-refractivity contribution in [2.75, 3.05) is 31.1 Å². The highest BCUT2D eigenvalue weighted by atomic mass is 32.1. The van der Waals surface area contributed by atoms with Crippen molar-refractivity contribution in [1.29, 1.82) is 0 Å². The van der Waals surface area contributed by atoms with Crippen molar-refractivity contribution < 1.29 is 4.79 Å². The molecule has 2 heterocycles. The smallest absolute Gasteiger partial charge is 0.253 e. The van der Waals surface area contributed by atoms with Gasteiger partial charge in [-0.3, -0.25) is 4.79 Å². The predicted molar refractivity (Wildman–Crippen MR) is 120 cm³/mol. The first-order valence-corrected chi connectivity index (χ1v) is 10.6. The molecule has 144 valence electrons. The van der Waals surface area contributed by atoms with Gasteiger partial charge in [0.2, 0.25) is 0 Å². The summed E-state index contributed by atoms with van der Waals surface area (Å²) in [5.41, 5.74) is 4.08. The minimum atomic E-state index is 0.105. The summed E-state index contributed by atoms with van der Waals surface area (Å²) in [7, 11) is 0. The first kappa shape index (κ1) is 17.9. The molecule has 1 aliphatic heterocycles. The Balaban J connectivity index is 1.25.